The Morgan fingerprint density at radius 1 is 1.26 bits per heavy atom. The second kappa shape index (κ2) is 6.68. The van der Waals surface area contributed by atoms with Gasteiger partial charge >= 0.3 is 0 Å². The van der Waals surface area contributed by atoms with E-state index in [1.807, 2.05) is 10.9 Å². The normalized spacial score (nSPS) is 12.6. The van der Waals surface area contributed by atoms with Crippen molar-refractivity contribution in [2.45, 2.75) is 46.7 Å². The third kappa shape index (κ3) is 5.89. The number of nitrogens with two attached hydrogens (primary N) is 1. The predicted octanol–water partition coefficient (Wildman–Crippen LogP) is 1.87. The molecule has 0 fully saturated rings. The monoisotopic (exact) mass is 289 g/mol. The maximum absolute atomic E-state index is 5.75. The molecule has 1 rings (SSSR count). The van der Waals surface area contributed by atoms with E-state index in [4.69, 9.17) is 5.73 Å². The molecule has 0 unspecified atom stereocenters. The average Bonchev–Trinajstić information content (AvgIpc) is 2.64. The van der Waals surface area contributed by atoms with E-state index < -0.39 is 0 Å². The fourth-order valence-corrected chi connectivity index (χ4v) is 1.83. The lowest BCUT2D eigenvalue weighted by Gasteiger charge is -2.28. The van der Waals surface area contributed by atoms with E-state index in [0.717, 1.165) is 18.8 Å². The molecule has 5 nitrogen and oxygen atoms in total. The van der Waals surface area contributed by atoms with Crippen LogP contribution >= 0.6 is 12.4 Å². The first-order valence-corrected chi connectivity index (χ1v) is 6.44. The molecular weight excluding hydrogens is 262 g/mol. The van der Waals surface area contributed by atoms with E-state index in [2.05, 4.69) is 56.9 Å². The smallest absolute Gasteiger partial charge is 0.0967 e. The lowest BCUT2D eigenvalue weighted by atomic mass is 9.93. The first kappa shape index (κ1) is 18.4. The van der Waals surface area contributed by atoms with Crippen molar-refractivity contribution in [2.24, 2.45) is 11.1 Å². The lowest BCUT2D eigenvalue weighted by Crippen LogP contribution is -2.36. The first-order valence-electron chi connectivity index (χ1n) is 6.44. The van der Waals surface area contributed by atoms with E-state index in [0.29, 0.717) is 6.54 Å². The minimum absolute atomic E-state index is 0. The van der Waals surface area contributed by atoms with Gasteiger partial charge in [0.1, 0.15) is 0 Å². The SMILES string of the molecule is CN(Cc1cn(C(C)(C)C)nn1)CC(C)(C)CN.Cl. The molecule has 0 aromatic carbocycles. The molecule has 1 heterocycles. The molecule has 0 saturated carbocycles. The number of rotatable bonds is 5. The Labute approximate surface area is 122 Å². The van der Waals surface area contributed by atoms with Gasteiger partial charge in [-0.25, -0.2) is 4.68 Å². The van der Waals surface area contributed by atoms with Crippen molar-refractivity contribution in [2.75, 3.05) is 20.1 Å². The summed E-state index contributed by atoms with van der Waals surface area (Å²) in [4.78, 5) is 2.24. The summed E-state index contributed by atoms with van der Waals surface area (Å²) in [5, 5.41) is 8.39. The Kier molecular flexibility index (Phi) is 6.45. The Morgan fingerprint density at radius 3 is 2.26 bits per heavy atom. The average molecular weight is 290 g/mol. The van der Waals surface area contributed by atoms with Crippen LogP contribution in [0, 0.1) is 5.41 Å². The summed E-state index contributed by atoms with van der Waals surface area (Å²) >= 11 is 0. The molecule has 1 aromatic heterocycles. The number of hydrogen-bond donors (Lipinski definition) is 1. The number of hydrogen-bond acceptors (Lipinski definition) is 4. The minimum Gasteiger partial charge on any atom is -0.330 e. The third-order valence-corrected chi connectivity index (χ3v) is 2.91. The second-order valence-corrected chi connectivity index (χ2v) is 6.87. The molecule has 112 valence electrons. The molecule has 2 N–H and O–H groups in total. The van der Waals surface area contributed by atoms with Crippen LogP contribution in [-0.2, 0) is 12.1 Å². The molecule has 0 radical (unpaired) electrons. The van der Waals surface area contributed by atoms with Gasteiger partial charge in [0.15, 0.2) is 0 Å². The Balaban J connectivity index is 0.00000324. The van der Waals surface area contributed by atoms with Crippen molar-refractivity contribution in [3.63, 3.8) is 0 Å². The molecule has 0 bridgehead atoms. The van der Waals surface area contributed by atoms with Gasteiger partial charge in [0.25, 0.3) is 0 Å². The fourth-order valence-electron chi connectivity index (χ4n) is 1.83. The van der Waals surface area contributed by atoms with E-state index >= 15 is 0 Å². The summed E-state index contributed by atoms with van der Waals surface area (Å²) in [5.41, 5.74) is 6.87. The van der Waals surface area contributed by atoms with Crippen molar-refractivity contribution in [3.8, 4) is 0 Å². The van der Waals surface area contributed by atoms with Crippen LogP contribution in [0.5, 0.6) is 0 Å². The highest BCUT2D eigenvalue weighted by Crippen LogP contribution is 2.16. The Bertz CT molecular complexity index is 381. The van der Waals surface area contributed by atoms with Crippen LogP contribution in [0.15, 0.2) is 6.20 Å². The molecule has 0 aliphatic rings. The van der Waals surface area contributed by atoms with Crippen LogP contribution in [0.3, 0.4) is 0 Å². The summed E-state index contributed by atoms with van der Waals surface area (Å²) < 4.78 is 1.91. The molecule has 0 spiro atoms. The number of aromatic nitrogens is 3. The zero-order valence-electron chi connectivity index (χ0n) is 13.0. The molecule has 0 amide bonds. The highest BCUT2D eigenvalue weighted by atomic mass is 35.5. The Morgan fingerprint density at radius 2 is 1.84 bits per heavy atom. The molecule has 0 aliphatic heterocycles. The summed E-state index contributed by atoms with van der Waals surface area (Å²) in [6.45, 7) is 13.1. The summed E-state index contributed by atoms with van der Waals surface area (Å²) in [6, 6.07) is 0. The lowest BCUT2D eigenvalue weighted by molar-refractivity contribution is 0.208. The van der Waals surface area contributed by atoms with Gasteiger partial charge in [0.05, 0.1) is 17.4 Å². The highest BCUT2D eigenvalue weighted by molar-refractivity contribution is 5.85. The maximum atomic E-state index is 5.75. The van der Waals surface area contributed by atoms with E-state index in [9.17, 15) is 0 Å². The van der Waals surface area contributed by atoms with E-state index in [1.165, 1.54) is 0 Å². The molecule has 0 atom stereocenters. The minimum atomic E-state index is -0.0135. The largest absolute Gasteiger partial charge is 0.330 e. The van der Waals surface area contributed by atoms with Crippen LogP contribution in [0.1, 0.15) is 40.3 Å². The van der Waals surface area contributed by atoms with Crippen molar-refractivity contribution in [3.05, 3.63) is 11.9 Å². The zero-order valence-corrected chi connectivity index (χ0v) is 13.8. The zero-order chi connectivity index (χ0) is 14.0. The van der Waals surface area contributed by atoms with Crippen LogP contribution in [0.2, 0.25) is 0 Å². The van der Waals surface area contributed by atoms with Gasteiger partial charge in [-0.3, -0.25) is 4.90 Å². The first-order chi connectivity index (χ1) is 8.14. The van der Waals surface area contributed by atoms with E-state index in [-0.39, 0.29) is 23.4 Å². The van der Waals surface area contributed by atoms with Gasteiger partial charge in [-0.2, -0.15) is 0 Å². The summed E-state index contributed by atoms with van der Waals surface area (Å²) in [7, 11) is 2.09. The van der Waals surface area contributed by atoms with E-state index in [1.54, 1.807) is 0 Å². The van der Waals surface area contributed by atoms with Gasteiger partial charge in [0.2, 0.25) is 0 Å². The highest BCUT2D eigenvalue weighted by Gasteiger charge is 2.20. The maximum Gasteiger partial charge on any atom is 0.0967 e. The topological polar surface area (TPSA) is 60.0 Å². The van der Waals surface area contributed by atoms with Gasteiger partial charge in [-0.05, 0) is 39.8 Å². The van der Waals surface area contributed by atoms with Gasteiger partial charge in [0, 0.05) is 13.1 Å². The van der Waals surface area contributed by atoms with Crippen molar-refractivity contribution < 1.29 is 0 Å². The quantitative estimate of drug-likeness (QED) is 0.899. The molecule has 1 aromatic rings. The van der Waals surface area contributed by atoms with Crippen molar-refractivity contribution in [1.29, 1.82) is 0 Å². The van der Waals surface area contributed by atoms with Crippen LogP contribution in [0.4, 0.5) is 0 Å². The van der Waals surface area contributed by atoms with Crippen LogP contribution in [0.25, 0.3) is 0 Å². The molecule has 19 heavy (non-hydrogen) atoms. The number of nitrogens with zero attached hydrogens (tertiary/aromatic N) is 4. The Hall–Kier alpha value is -0.650. The van der Waals surface area contributed by atoms with Gasteiger partial charge in [-0.15, -0.1) is 17.5 Å². The third-order valence-electron chi connectivity index (χ3n) is 2.91. The molecular formula is C13H28ClN5. The van der Waals surface area contributed by atoms with Crippen LogP contribution in [-0.4, -0.2) is 40.0 Å². The molecule has 0 saturated heterocycles. The van der Waals surface area contributed by atoms with Gasteiger partial charge in [-0.1, -0.05) is 19.1 Å². The number of halogens is 1. The van der Waals surface area contributed by atoms with Crippen molar-refractivity contribution in [1.82, 2.24) is 19.9 Å². The standard InChI is InChI=1S/C13H27N5.ClH/c1-12(2,3)18-8-11(15-16-18)7-17(6)10-13(4,5)9-14;/h8H,7,9-10,14H2,1-6H3;1H. The second-order valence-electron chi connectivity index (χ2n) is 6.87. The summed E-state index contributed by atoms with van der Waals surface area (Å²) in [5.74, 6) is 0. The summed E-state index contributed by atoms with van der Waals surface area (Å²) in [6.07, 6.45) is 2.02. The predicted molar refractivity (Wildman–Crippen MR) is 81.4 cm³/mol. The van der Waals surface area contributed by atoms with Crippen LogP contribution < -0.4 is 5.73 Å². The fraction of sp³-hybridized carbons (Fsp3) is 0.846. The van der Waals surface area contributed by atoms with Gasteiger partial charge < -0.3 is 5.73 Å². The molecule has 6 heteroatoms. The van der Waals surface area contributed by atoms with Crippen molar-refractivity contribution >= 4 is 12.4 Å². The molecule has 0 aliphatic carbocycles.